The summed E-state index contributed by atoms with van der Waals surface area (Å²) in [6.07, 6.45) is 0.0771. The lowest BCUT2D eigenvalue weighted by Crippen LogP contribution is -2.05. The van der Waals surface area contributed by atoms with E-state index in [0.29, 0.717) is 12.0 Å². The van der Waals surface area contributed by atoms with E-state index in [1.165, 1.54) is 0 Å². The molecule has 5 heteroatoms. The molecule has 0 saturated heterocycles. The van der Waals surface area contributed by atoms with Crippen molar-refractivity contribution in [2.45, 2.75) is 13.3 Å². The molecule has 11 heavy (non-hydrogen) atoms. The van der Waals surface area contributed by atoms with Crippen molar-refractivity contribution in [1.82, 2.24) is 0 Å². The molecule has 0 aliphatic heterocycles. The zero-order chi connectivity index (χ0) is 8.85. The van der Waals surface area contributed by atoms with Gasteiger partial charge < -0.3 is 9.63 Å². The highest BCUT2D eigenvalue weighted by Crippen LogP contribution is 2.13. The Kier molecular flexibility index (Phi) is 4.83. The second-order valence-electron chi connectivity index (χ2n) is 1.93. The van der Waals surface area contributed by atoms with Crippen molar-refractivity contribution in [3.8, 4) is 0 Å². The Morgan fingerprint density at radius 2 is 2.27 bits per heavy atom. The summed E-state index contributed by atoms with van der Waals surface area (Å²) < 4.78 is 14.5. The second kappa shape index (κ2) is 5.10. The monoisotopic (exact) mass is 178 g/mol. The van der Waals surface area contributed by atoms with E-state index < -0.39 is 20.3 Å². The van der Waals surface area contributed by atoms with Crippen molar-refractivity contribution in [2.24, 2.45) is 0 Å². The fourth-order valence-electron chi connectivity index (χ4n) is 0.374. The van der Waals surface area contributed by atoms with Gasteiger partial charge in [0.25, 0.3) is 0 Å². The Bertz CT molecular complexity index is 187. The Morgan fingerprint density at radius 1 is 1.73 bits per heavy atom. The first-order valence-corrected chi connectivity index (χ1v) is 4.70. The standard InChI is InChI=1S/C6H11O4P/c1-3-5(2)6(7)10-4-11(8)9/h11H,2-4H2,1H3,(H,8,9). The van der Waals surface area contributed by atoms with Gasteiger partial charge in [-0.1, -0.05) is 13.5 Å². The molecule has 0 heterocycles. The van der Waals surface area contributed by atoms with Crippen LogP contribution in [0.5, 0.6) is 0 Å². The van der Waals surface area contributed by atoms with Crippen LogP contribution in [0.25, 0.3) is 0 Å². The maximum atomic E-state index is 10.7. The summed E-state index contributed by atoms with van der Waals surface area (Å²) in [5.74, 6) is -0.597. The largest absolute Gasteiger partial charge is 0.452 e. The van der Waals surface area contributed by atoms with Crippen LogP contribution in [0.1, 0.15) is 13.3 Å². The van der Waals surface area contributed by atoms with Crippen LogP contribution in [-0.2, 0) is 14.1 Å². The summed E-state index contributed by atoms with van der Waals surface area (Å²) in [6, 6.07) is 0. The smallest absolute Gasteiger partial charge is 0.333 e. The average Bonchev–Trinajstić information content (AvgIpc) is 1.98. The van der Waals surface area contributed by atoms with E-state index in [4.69, 9.17) is 4.89 Å². The molecule has 0 fully saturated rings. The first-order valence-electron chi connectivity index (χ1n) is 3.14. The van der Waals surface area contributed by atoms with E-state index in [1.807, 2.05) is 0 Å². The molecule has 1 atom stereocenters. The van der Waals surface area contributed by atoms with Crippen LogP contribution in [0.2, 0.25) is 0 Å². The van der Waals surface area contributed by atoms with Crippen LogP contribution in [0.3, 0.4) is 0 Å². The molecule has 4 nitrogen and oxygen atoms in total. The molecule has 0 radical (unpaired) electrons. The fourth-order valence-corrected chi connectivity index (χ4v) is 0.628. The van der Waals surface area contributed by atoms with Gasteiger partial charge in [0.1, 0.15) is 0 Å². The van der Waals surface area contributed by atoms with Crippen LogP contribution in [0.4, 0.5) is 0 Å². The van der Waals surface area contributed by atoms with Crippen LogP contribution in [-0.4, -0.2) is 17.2 Å². The molecule has 64 valence electrons. The second-order valence-corrected chi connectivity index (χ2v) is 3.00. The maximum absolute atomic E-state index is 10.7. The maximum Gasteiger partial charge on any atom is 0.333 e. The third kappa shape index (κ3) is 4.76. The van der Waals surface area contributed by atoms with Crippen molar-refractivity contribution < 1.29 is 19.0 Å². The first kappa shape index (κ1) is 10.4. The molecule has 0 amide bonds. The molecule has 1 N–H and O–H groups in total. The topological polar surface area (TPSA) is 63.6 Å². The lowest BCUT2D eigenvalue weighted by atomic mass is 10.2. The predicted octanol–water partition coefficient (Wildman–Crippen LogP) is 0.920. The summed E-state index contributed by atoms with van der Waals surface area (Å²) >= 11 is 0. The van der Waals surface area contributed by atoms with Gasteiger partial charge in [-0.3, -0.25) is 4.57 Å². The third-order valence-electron chi connectivity index (χ3n) is 1.04. The third-order valence-corrected chi connectivity index (χ3v) is 1.43. The van der Waals surface area contributed by atoms with Crippen molar-refractivity contribution in [3.63, 3.8) is 0 Å². The van der Waals surface area contributed by atoms with Gasteiger partial charge >= 0.3 is 5.97 Å². The van der Waals surface area contributed by atoms with Crippen molar-refractivity contribution in [2.75, 3.05) is 6.35 Å². The van der Waals surface area contributed by atoms with Crippen molar-refractivity contribution >= 4 is 14.0 Å². The van der Waals surface area contributed by atoms with E-state index in [2.05, 4.69) is 11.3 Å². The van der Waals surface area contributed by atoms with Gasteiger partial charge in [0.15, 0.2) is 6.35 Å². The molecule has 0 spiro atoms. The molecule has 0 bridgehead atoms. The van der Waals surface area contributed by atoms with Gasteiger partial charge in [0.2, 0.25) is 8.03 Å². The molecule has 1 unspecified atom stereocenters. The minimum atomic E-state index is -2.71. The molecule has 0 aliphatic rings. The van der Waals surface area contributed by atoms with Gasteiger partial charge in [-0.15, -0.1) is 0 Å². The van der Waals surface area contributed by atoms with E-state index in [0.717, 1.165) is 0 Å². The molecule has 0 saturated carbocycles. The van der Waals surface area contributed by atoms with E-state index in [1.54, 1.807) is 6.92 Å². The molecular formula is C6H11O4P. The van der Waals surface area contributed by atoms with E-state index in [-0.39, 0.29) is 0 Å². The highest BCUT2D eigenvalue weighted by molar-refractivity contribution is 7.37. The van der Waals surface area contributed by atoms with Crippen molar-refractivity contribution in [1.29, 1.82) is 0 Å². The molecule has 0 aromatic rings. The number of ether oxygens (including phenoxy) is 1. The summed E-state index contributed by atoms with van der Waals surface area (Å²) in [4.78, 5) is 19.0. The Hall–Kier alpha value is -0.600. The molecule has 0 aromatic heterocycles. The lowest BCUT2D eigenvalue weighted by molar-refractivity contribution is -0.137. The normalized spacial score (nSPS) is 12.2. The van der Waals surface area contributed by atoms with Gasteiger partial charge in [-0.25, -0.2) is 4.79 Å². The number of hydrogen-bond donors (Lipinski definition) is 1. The number of carbonyl (C=O) groups is 1. The summed E-state index contributed by atoms with van der Waals surface area (Å²) in [5.41, 5.74) is 0.313. The summed E-state index contributed by atoms with van der Waals surface area (Å²) in [7, 11) is -2.71. The van der Waals surface area contributed by atoms with Crippen LogP contribution in [0, 0.1) is 0 Å². The van der Waals surface area contributed by atoms with E-state index >= 15 is 0 Å². The highest BCUT2D eigenvalue weighted by atomic mass is 31.1. The number of carbonyl (C=O) groups excluding carboxylic acids is 1. The zero-order valence-corrected chi connectivity index (χ0v) is 7.29. The molecule has 0 rings (SSSR count). The summed E-state index contributed by atoms with van der Waals surface area (Å²) in [6.45, 7) is 5.16. The zero-order valence-electron chi connectivity index (χ0n) is 6.29. The van der Waals surface area contributed by atoms with Crippen molar-refractivity contribution in [3.05, 3.63) is 12.2 Å². The van der Waals surface area contributed by atoms with Gasteiger partial charge in [-0.05, 0) is 6.42 Å². The van der Waals surface area contributed by atoms with Crippen LogP contribution < -0.4 is 0 Å². The van der Waals surface area contributed by atoms with Gasteiger partial charge in [-0.2, -0.15) is 0 Å². The Labute approximate surface area is 65.7 Å². The molecule has 0 aliphatic carbocycles. The quantitative estimate of drug-likeness (QED) is 0.395. The molecule has 0 aromatic carbocycles. The minimum absolute atomic E-state index is 0.313. The fraction of sp³-hybridized carbons (Fsp3) is 0.500. The number of esters is 1. The predicted molar refractivity (Wildman–Crippen MR) is 41.6 cm³/mol. The SMILES string of the molecule is C=C(CC)C(=O)OC[PH](=O)O. The van der Waals surface area contributed by atoms with Crippen LogP contribution >= 0.6 is 8.03 Å². The lowest BCUT2D eigenvalue weighted by Gasteiger charge is -2.01. The average molecular weight is 178 g/mol. The van der Waals surface area contributed by atoms with Gasteiger partial charge in [0.05, 0.1) is 0 Å². The first-order chi connectivity index (χ1) is 5.07. The summed E-state index contributed by atoms with van der Waals surface area (Å²) in [5, 5.41) is 0. The Balaban J connectivity index is 3.70. The minimum Gasteiger partial charge on any atom is -0.452 e. The molecular weight excluding hydrogens is 167 g/mol. The number of hydrogen-bond acceptors (Lipinski definition) is 3. The van der Waals surface area contributed by atoms with Crippen LogP contribution in [0.15, 0.2) is 12.2 Å². The number of rotatable bonds is 4. The van der Waals surface area contributed by atoms with Gasteiger partial charge in [0, 0.05) is 5.57 Å². The highest BCUT2D eigenvalue weighted by Gasteiger charge is 2.06. The van der Waals surface area contributed by atoms with E-state index in [9.17, 15) is 9.36 Å². The Morgan fingerprint density at radius 3 is 2.64 bits per heavy atom.